The van der Waals surface area contributed by atoms with Gasteiger partial charge >= 0.3 is 5.97 Å². The minimum absolute atomic E-state index is 0.146. The number of carbonyl (C=O) groups excluding carboxylic acids is 1. The molecule has 0 saturated heterocycles. The van der Waals surface area contributed by atoms with Crippen molar-refractivity contribution in [3.8, 4) is 0 Å². The Kier molecular flexibility index (Phi) is 15.2. The molecule has 0 aromatic rings. The Labute approximate surface area is 129 Å². The summed E-state index contributed by atoms with van der Waals surface area (Å²) in [6.07, 6.45) is 3.36. The maximum Gasteiger partial charge on any atom is 0.305 e. The SMILES string of the molecule is CCCCOCCOCCOCCCC(=O)OCC(C)C. The molecule has 0 heterocycles. The molecule has 0 bridgehead atoms. The van der Waals surface area contributed by atoms with Crippen LogP contribution in [-0.4, -0.2) is 52.2 Å². The summed E-state index contributed by atoms with van der Waals surface area (Å²) >= 11 is 0. The first kappa shape index (κ1) is 20.3. The van der Waals surface area contributed by atoms with Crippen molar-refractivity contribution in [2.24, 2.45) is 5.92 Å². The van der Waals surface area contributed by atoms with Gasteiger partial charge in [-0.1, -0.05) is 27.2 Å². The van der Waals surface area contributed by atoms with E-state index in [1.54, 1.807) is 0 Å². The molecule has 0 spiro atoms. The first-order valence-electron chi connectivity index (χ1n) is 8.05. The normalized spacial score (nSPS) is 11.0. The number of hydrogen-bond donors (Lipinski definition) is 0. The van der Waals surface area contributed by atoms with Crippen LogP contribution in [0.25, 0.3) is 0 Å². The standard InChI is InChI=1S/C16H32O5/c1-4-5-8-18-10-12-20-13-11-19-9-6-7-16(17)21-14-15(2)3/h15H,4-14H2,1-3H3. The van der Waals surface area contributed by atoms with Crippen molar-refractivity contribution < 1.29 is 23.7 Å². The van der Waals surface area contributed by atoms with E-state index in [0.717, 1.165) is 19.4 Å². The molecule has 0 rings (SSSR count). The summed E-state index contributed by atoms with van der Waals surface area (Å²) in [5.74, 6) is 0.237. The molecule has 0 radical (unpaired) electrons. The predicted octanol–water partition coefficient (Wildman–Crippen LogP) is 2.82. The fraction of sp³-hybridized carbons (Fsp3) is 0.938. The molecule has 5 nitrogen and oxygen atoms in total. The highest BCUT2D eigenvalue weighted by atomic mass is 16.5. The van der Waals surface area contributed by atoms with Crippen LogP contribution in [0.3, 0.4) is 0 Å². The van der Waals surface area contributed by atoms with E-state index in [4.69, 9.17) is 18.9 Å². The van der Waals surface area contributed by atoms with Crippen molar-refractivity contribution >= 4 is 5.97 Å². The largest absolute Gasteiger partial charge is 0.465 e. The third-order valence-electron chi connectivity index (χ3n) is 2.63. The van der Waals surface area contributed by atoms with Crippen LogP contribution in [0.15, 0.2) is 0 Å². The lowest BCUT2D eigenvalue weighted by Gasteiger charge is -2.08. The average molecular weight is 304 g/mol. The molecule has 0 amide bonds. The lowest BCUT2D eigenvalue weighted by molar-refractivity contribution is -0.145. The van der Waals surface area contributed by atoms with Crippen molar-refractivity contribution in [2.45, 2.75) is 46.5 Å². The fourth-order valence-corrected chi connectivity index (χ4v) is 1.44. The van der Waals surface area contributed by atoms with Gasteiger partial charge in [-0.25, -0.2) is 0 Å². The quantitative estimate of drug-likeness (QED) is 0.344. The van der Waals surface area contributed by atoms with E-state index >= 15 is 0 Å². The summed E-state index contributed by atoms with van der Waals surface area (Å²) in [6.45, 7) is 10.4. The summed E-state index contributed by atoms with van der Waals surface area (Å²) < 4.78 is 21.2. The third-order valence-corrected chi connectivity index (χ3v) is 2.63. The maximum atomic E-state index is 11.3. The van der Waals surface area contributed by atoms with Gasteiger partial charge in [0.2, 0.25) is 0 Å². The zero-order chi connectivity index (χ0) is 15.8. The molecule has 0 aliphatic rings. The Morgan fingerprint density at radius 1 is 0.857 bits per heavy atom. The van der Waals surface area contributed by atoms with Gasteiger partial charge < -0.3 is 18.9 Å². The van der Waals surface area contributed by atoms with Crippen molar-refractivity contribution in [1.82, 2.24) is 0 Å². The average Bonchev–Trinajstić information content (AvgIpc) is 2.46. The smallest absolute Gasteiger partial charge is 0.305 e. The zero-order valence-electron chi connectivity index (χ0n) is 13.9. The maximum absolute atomic E-state index is 11.3. The highest BCUT2D eigenvalue weighted by Crippen LogP contribution is 1.98. The number of unbranched alkanes of at least 4 members (excludes halogenated alkanes) is 1. The highest BCUT2D eigenvalue weighted by Gasteiger charge is 2.03. The molecule has 0 aromatic heterocycles. The highest BCUT2D eigenvalue weighted by molar-refractivity contribution is 5.69. The molecule has 0 saturated carbocycles. The Balaban J connectivity index is 3.10. The Hall–Kier alpha value is -0.650. The van der Waals surface area contributed by atoms with Crippen molar-refractivity contribution in [1.29, 1.82) is 0 Å². The number of esters is 1. The van der Waals surface area contributed by atoms with Crippen LogP contribution in [-0.2, 0) is 23.7 Å². The fourth-order valence-electron chi connectivity index (χ4n) is 1.44. The van der Waals surface area contributed by atoms with Gasteiger partial charge in [-0.3, -0.25) is 4.79 Å². The van der Waals surface area contributed by atoms with Crippen LogP contribution in [0.5, 0.6) is 0 Å². The number of ether oxygens (including phenoxy) is 4. The molecular formula is C16H32O5. The lowest BCUT2D eigenvalue weighted by atomic mass is 10.2. The van der Waals surface area contributed by atoms with Gasteiger partial charge in [-0.05, 0) is 18.8 Å². The van der Waals surface area contributed by atoms with Crippen LogP contribution in [0.1, 0.15) is 46.5 Å². The van der Waals surface area contributed by atoms with Crippen LogP contribution >= 0.6 is 0 Å². The van der Waals surface area contributed by atoms with Gasteiger partial charge in [0.15, 0.2) is 0 Å². The van der Waals surface area contributed by atoms with Gasteiger partial charge in [-0.15, -0.1) is 0 Å². The summed E-state index contributed by atoms with van der Waals surface area (Å²) in [6, 6.07) is 0. The van der Waals surface area contributed by atoms with Crippen LogP contribution < -0.4 is 0 Å². The Bertz CT molecular complexity index is 231. The zero-order valence-corrected chi connectivity index (χ0v) is 13.9. The van der Waals surface area contributed by atoms with Crippen LogP contribution in [0.2, 0.25) is 0 Å². The summed E-state index contributed by atoms with van der Waals surface area (Å²) in [7, 11) is 0. The van der Waals surface area contributed by atoms with E-state index < -0.39 is 0 Å². The predicted molar refractivity (Wildman–Crippen MR) is 82.4 cm³/mol. The van der Waals surface area contributed by atoms with Crippen LogP contribution in [0.4, 0.5) is 0 Å². The van der Waals surface area contributed by atoms with E-state index in [-0.39, 0.29) is 5.97 Å². The molecular weight excluding hydrogens is 272 g/mol. The molecule has 0 aliphatic carbocycles. The van der Waals surface area contributed by atoms with E-state index in [9.17, 15) is 4.79 Å². The molecule has 0 unspecified atom stereocenters. The van der Waals surface area contributed by atoms with Crippen LogP contribution in [0, 0.1) is 5.92 Å². The van der Waals surface area contributed by atoms with Crippen molar-refractivity contribution in [3.63, 3.8) is 0 Å². The molecule has 0 atom stereocenters. The van der Waals surface area contributed by atoms with E-state index in [1.807, 2.05) is 13.8 Å². The van der Waals surface area contributed by atoms with Gasteiger partial charge in [-0.2, -0.15) is 0 Å². The summed E-state index contributed by atoms with van der Waals surface area (Å²) in [5, 5.41) is 0. The van der Waals surface area contributed by atoms with Gasteiger partial charge in [0.25, 0.3) is 0 Å². The first-order chi connectivity index (χ1) is 10.2. The number of carbonyl (C=O) groups is 1. The second-order valence-electron chi connectivity index (χ2n) is 5.37. The number of hydrogen-bond acceptors (Lipinski definition) is 5. The minimum Gasteiger partial charge on any atom is -0.465 e. The minimum atomic E-state index is -0.146. The molecule has 21 heavy (non-hydrogen) atoms. The van der Waals surface area contributed by atoms with Crippen molar-refractivity contribution in [3.05, 3.63) is 0 Å². The molecule has 126 valence electrons. The molecule has 5 heteroatoms. The van der Waals surface area contributed by atoms with E-state index in [2.05, 4.69) is 6.92 Å². The van der Waals surface area contributed by atoms with Crippen molar-refractivity contribution in [2.75, 3.05) is 46.2 Å². The molecule has 0 aliphatic heterocycles. The van der Waals surface area contributed by atoms with Gasteiger partial charge in [0.1, 0.15) is 0 Å². The van der Waals surface area contributed by atoms with E-state index in [0.29, 0.717) is 58.4 Å². The lowest BCUT2D eigenvalue weighted by Crippen LogP contribution is -2.12. The second-order valence-corrected chi connectivity index (χ2v) is 5.37. The monoisotopic (exact) mass is 304 g/mol. The van der Waals surface area contributed by atoms with Gasteiger partial charge in [0.05, 0.1) is 33.0 Å². The molecule has 0 N–H and O–H groups in total. The first-order valence-corrected chi connectivity index (χ1v) is 8.05. The summed E-state index contributed by atoms with van der Waals surface area (Å²) in [4.78, 5) is 11.3. The Morgan fingerprint density at radius 3 is 1.90 bits per heavy atom. The molecule has 0 fully saturated rings. The number of rotatable bonds is 15. The Morgan fingerprint density at radius 2 is 1.38 bits per heavy atom. The second kappa shape index (κ2) is 15.7. The third kappa shape index (κ3) is 17.3. The van der Waals surface area contributed by atoms with Gasteiger partial charge in [0, 0.05) is 19.6 Å². The van der Waals surface area contributed by atoms with E-state index in [1.165, 1.54) is 0 Å². The summed E-state index contributed by atoms with van der Waals surface area (Å²) in [5.41, 5.74) is 0. The molecule has 0 aromatic carbocycles. The topological polar surface area (TPSA) is 54.0 Å².